The van der Waals surface area contributed by atoms with Crippen molar-refractivity contribution in [1.82, 2.24) is 19.6 Å². The van der Waals surface area contributed by atoms with Gasteiger partial charge >= 0.3 is 5.69 Å². The van der Waals surface area contributed by atoms with Gasteiger partial charge in [-0.25, -0.2) is 0 Å². The van der Waals surface area contributed by atoms with Crippen molar-refractivity contribution in [3.8, 4) is 0 Å². The van der Waals surface area contributed by atoms with Crippen LogP contribution in [0, 0.1) is 10.1 Å². The normalized spacial score (nSPS) is 10.8. The summed E-state index contributed by atoms with van der Waals surface area (Å²) in [6.45, 7) is 2.60. The van der Waals surface area contributed by atoms with Crippen molar-refractivity contribution < 1.29 is 9.72 Å². The molecular weight excluding hydrogens is 395 g/mol. The van der Waals surface area contributed by atoms with E-state index in [1.54, 1.807) is 29.9 Å². The van der Waals surface area contributed by atoms with Gasteiger partial charge in [0.1, 0.15) is 6.20 Å². The summed E-state index contributed by atoms with van der Waals surface area (Å²) < 4.78 is 2.93. The number of hydrogen-bond acceptors (Lipinski definition) is 5. The monoisotopic (exact) mass is 408 g/mol. The Morgan fingerprint density at radius 3 is 2.70 bits per heavy atom. The second kappa shape index (κ2) is 7.77. The molecule has 2 heterocycles. The summed E-state index contributed by atoms with van der Waals surface area (Å²) in [5, 5.41) is 22.7. The van der Waals surface area contributed by atoms with Crippen molar-refractivity contribution in [1.29, 1.82) is 0 Å². The first kappa shape index (κ1) is 18.9. The summed E-state index contributed by atoms with van der Waals surface area (Å²) in [7, 11) is 0. The van der Waals surface area contributed by atoms with Crippen LogP contribution in [-0.2, 0) is 13.1 Å². The summed E-state index contributed by atoms with van der Waals surface area (Å²) in [6.07, 6.45) is 4.27. The lowest BCUT2D eigenvalue weighted by molar-refractivity contribution is -0.385. The lowest BCUT2D eigenvalue weighted by Gasteiger charge is -2.03. The summed E-state index contributed by atoms with van der Waals surface area (Å²) in [6, 6.07) is 5.23. The van der Waals surface area contributed by atoms with E-state index in [1.807, 2.05) is 6.07 Å². The number of hydrogen-bond donors (Lipinski definition) is 1. The second-order valence-electron chi connectivity index (χ2n) is 5.60. The van der Waals surface area contributed by atoms with Crippen LogP contribution in [0.5, 0.6) is 0 Å². The van der Waals surface area contributed by atoms with Crippen LogP contribution in [0.2, 0.25) is 10.0 Å². The fraction of sp³-hybridized carbons (Fsp3) is 0.188. The Labute approximate surface area is 163 Å². The zero-order chi connectivity index (χ0) is 19.6. The minimum absolute atomic E-state index is 0.251. The highest BCUT2D eigenvalue weighted by atomic mass is 35.5. The number of carbonyl (C=O) groups is 1. The van der Waals surface area contributed by atoms with Gasteiger partial charge in [0, 0.05) is 12.7 Å². The van der Waals surface area contributed by atoms with Crippen LogP contribution >= 0.6 is 23.2 Å². The summed E-state index contributed by atoms with van der Waals surface area (Å²) in [5.74, 6) is -0.678. The maximum atomic E-state index is 12.4. The standard InChI is InChI=1S/C16H14Cl2N6O3/c1-2-22-9-14(24(26)27)15(21-22)16(25)20-11-6-19-23(8-11)7-10-3-4-12(17)13(18)5-10/h3-6,8-9H,2,7H2,1H3,(H,20,25). The molecule has 0 aliphatic rings. The molecule has 140 valence electrons. The molecule has 0 unspecified atom stereocenters. The molecule has 0 spiro atoms. The van der Waals surface area contributed by atoms with E-state index in [4.69, 9.17) is 23.2 Å². The first-order valence-corrected chi connectivity index (χ1v) is 8.62. The van der Waals surface area contributed by atoms with Gasteiger partial charge in [0.15, 0.2) is 0 Å². The van der Waals surface area contributed by atoms with E-state index < -0.39 is 10.8 Å². The Morgan fingerprint density at radius 2 is 2.04 bits per heavy atom. The highest BCUT2D eigenvalue weighted by Crippen LogP contribution is 2.23. The fourth-order valence-corrected chi connectivity index (χ4v) is 2.72. The van der Waals surface area contributed by atoms with E-state index in [9.17, 15) is 14.9 Å². The zero-order valence-corrected chi connectivity index (χ0v) is 15.6. The smallest absolute Gasteiger partial charge is 0.318 e. The maximum absolute atomic E-state index is 12.4. The molecule has 0 aliphatic heterocycles. The molecule has 1 amide bonds. The number of carbonyl (C=O) groups excluding carboxylic acids is 1. The van der Waals surface area contributed by atoms with E-state index in [1.165, 1.54) is 17.1 Å². The van der Waals surface area contributed by atoms with Crippen molar-refractivity contribution in [2.75, 3.05) is 5.32 Å². The van der Waals surface area contributed by atoms with Gasteiger partial charge in [-0.2, -0.15) is 10.2 Å². The third-order valence-corrected chi connectivity index (χ3v) is 4.44. The average Bonchev–Trinajstić information content (AvgIpc) is 3.25. The van der Waals surface area contributed by atoms with E-state index in [0.29, 0.717) is 28.8 Å². The highest BCUT2D eigenvalue weighted by Gasteiger charge is 2.25. The molecule has 9 nitrogen and oxygen atoms in total. The Kier molecular flexibility index (Phi) is 5.43. The molecule has 27 heavy (non-hydrogen) atoms. The van der Waals surface area contributed by atoms with Gasteiger partial charge in [0.05, 0.1) is 33.4 Å². The predicted octanol–water partition coefficient (Wildman–Crippen LogP) is 3.62. The van der Waals surface area contributed by atoms with Crippen molar-refractivity contribution in [3.05, 3.63) is 68.2 Å². The molecule has 3 rings (SSSR count). The molecule has 11 heteroatoms. The molecule has 0 saturated heterocycles. The lowest BCUT2D eigenvalue weighted by atomic mass is 10.2. The number of nitro groups is 1. The number of aryl methyl sites for hydroxylation is 1. The van der Waals surface area contributed by atoms with Crippen LogP contribution in [0.25, 0.3) is 0 Å². The summed E-state index contributed by atoms with van der Waals surface area (Å²) in [4.78, 5) is 22.8. The number of nitrogens with one attached hydrogen (secondary N) is 1. The third-order valence-electron chi connectivity index (χ3n) is 3.70. The zero-order valence-electron chi connectivity index (χ0n) is 14.1. The quantitative estimate of drug-likeness (QED) is 0.494. The third kappa shape index (κ3) is 4.26. The first-order chi connectivity index (χ1) is 12.9. The van der Waals surface area contributed by atoms with E-state index in [2.05, 4.69) is 15.5 Å². The largest absolute Gasteiger partial charge is 0.320 e. The number of benzene rings is 1. The van der Waals surface area contributed by atoms with Crippen LogP contribution in [0.4, 0.5) is 11.4 Å². The van der Waals surface area contributed by atoms with Crippen LogP contribution in [0.1, 0.15) is 23.0 Å². The molecule has 0 saturated carbocycles. The van der Waals surface area contributed by atoms with Gasteiger partial charge in [-0.05, 0) is 24.6 Å². The van der Waals surface area contributed by atoms with Crippen molar-refractivity contribution >= 4 is 40.5 Å². The van der Waals surface area contributed by atoms with Crippen LogP contribution in [-0.4, -0.2) is 30.4 Å². The van der Waals surface area contributed by atoms with E-state index in [0.717, 1.165) is 5.56 Å². The molecule has 1 N–H and O–H groups in total. The van der Waals surface area contributed by atoms with Crippen molar-refractivity contribution in [2.45, 2.75) is 20.0 Å². The Hall–Kier alpha value is -2.91. The second-order valence-corrected chi connectivity index (χ2v) is 6.42. The number of anilines is 1. The van der Waals surface area contributed by atoms with Crippen LogP contribution in [0.15, 0.2) is 36.8 Å². The van der Waals surface area contributed by atoms with E-state index >= 15 is 0 Å². The molecule has 0 fully saturated rings. The Balaban J connectivity index is 1.74. The van der Waals surface area contributed by atoms with Gasteiger partial charge in [-0.1, -0.05) is 29.3 Å². The van der Waals surface area contributed by atoms with E-state index in [-0.39, 0.29) is 11.4 Å². The number of nitrogens with zero attached hydrogens (tertiary/aromatic N) is 5. The predicted molar refractivity (Wildman–Crippen MR) is 100 cm³/mol. The van der Waals surface area contributed by atoms with Gasteiger partial charge < -0.3 is 5.32 Å². The molecule has 2 aromatic heterocycles. The highest BCUT2D eigenvalue weighted by molar-refractivity contribution is 6.42. The number of amides is 1. The Bertz CT molecular complexity index is 1010. The molecule has 0 bridgehead atoms. The lowest BCUT2D eigenvalue weighted by Crippen LogP contribution is -2.14. The van der Waals surface area contributed by atoms with Gasteiger partial charge in [0.25, 0.3) is 5.91 Å². The maximum Gasteiger partial charge on any atom is 0.320 e. The van der Waals surface area contributed by atoms with Crippen molar-refractivity contribution in [3.63, 3.8) is 0 Å². The topological polar surface area (TPSA) is 108 Å². The minimum Gasteiger partial charge on any atom is -0.318 e. The fourth-order valence-electron chi connectivity index (χ4n) is 2.40. The van der Waals surface area contributed by atoms with Gasteiger partial charge in [-0.3, -0.25) is 24.3 Å². The Morgan fingerprint density at radius 1 is 1.26 bits per heavy atom. The first-order valence-electron chi connectivity index (χ1n) is 7.87. The number of rotatable bonds is 6. The van der Waals surface area contributed by atoms with Crippen LogP contribution < -0.4 is 5.32 Å². The molecule has 3 aromatic rings. The summed E-state index contributed by atoms with van der Waals surface area (Å²) >= 11 is 11.9. The molecule has 0 atom stereocenters. The number of aromatic nitrogens is 4. The molecule has 1 aromatic carbocycles. The molecular formula is C16H14Cl2N6O3. The SMILES string of the molecule is CCn1cc([N+](=O)[O-])c(C(=O)Nc2cnn(Cc3ccc(Cl)c(Cl)c3)c2)n1. The van der Waals surface area contributed by atoms with Crippen molar-refractivity contribution in [2.24, 2.45) is 0 Å². The summed E-state index contributed by atoms with van der Waals surface area (Å²) in [5.41, 5.74) is 0.666. The average molecular weight is 409 g/mol. The van der Waals surface area contributed by atoms with Gasteiger partial charge in [-0.15, -0.1) is 0 Å². The molecule has 0 aliphatic carbocycles. The van der Waals surface area contributed by atoms with Gasteiger partial charge in [0.2, 0.25) is 5.69 Å². The number of halogens is 2. The minimum atomic E-state index is -0.678. The van der Waals surface area contributed by atoms with Crippen LogP contribution in [0.3, 0.4) is 0 Å². The molecule has 0 radical (unpaired) electrons.